The number of ether oxygens (including phenoxy) is 2. The highest BCUT2D eigenvalue weighted by Gasteiger charge is 2.43. The van der Waals surface area contributed by atoms with Gasteiger partial charge in [0.25, 0.3) is 0 Å². The lowest BCUT2D eigenvalue weighted by molar-refractivity contribution is -0.137. The molecule has 4 aromatic rings. The monoisotopic (exact) mass is 524 g/mol. The van der Waals surface area contributed by atoms with Crippen LogP contribution in [0.2, 0.25) is 0 Å². The van der Waals surface area contributed by atoms with Crippen molar-refractivity contribution in [1.29, 1.82) is 0 Å². The van der Waals surface area contributed by atoms with Crippen LogP contribution in [0.1, 0.15) is 29.0 Å². The summed E-state index contributed by atoms with van der Waals surface area (Å²) in [6, 6.07) is 19.0. The summed E-state index contributed by atoms with van der Waals surface area (Å²) in [4.78, 5) is 6.44. The van der Waals surface area contributed by atoms with Crippen LogP contribution in [0.3, 0.4) is 0 Å². The summed E-state index contributed by atoms with van der Waals surface area (Å²) >= 11 is 5.80. The summed E-state index contributed by atoms with van der Waals surface area (Å²) in [5, 5.41) is 3.79. The third-order valence-corrected chi connectivity index (χ3v) is 6.59. The lowest BCUT2D eigenvalue weighted by Gasteiger charge is -2.30. The van der Waals surface area contributed by atoms with E-state index < -0.39 is 23.8 Å². The Balaban J connectivity index is 1.70. The molecule has 1 fully saturated rings. The van der Waals surface area contributed by atoms with Crippen LogP contribution < -0.4 is 19.7 Å². The molecule has 0 unspecified atom stereocenters. The lowest BCUT2D eigenvalue weighted by atomic mass is 10.0. The van der Waals surface area contributed by atoms with Crippen molar-refractivity contribution >= 4 is 23.0 Å². The molecule has 0 bridgehead atoms. The minimum atomic E-state index is -4.46. The Morgan fingerprint density at radius 2 is 1.78 bits per heavy atom. The van der Waals surface area contributed by atoms with E-state index in [4.69, 9.17) is 21.7 Å². The number of hydrogen-bond acceptors (Lipinski definition) is 4. The first-order chi connectivity index (χ1) is 17.8. The van der Waals surface area contributed by atoms with Crippen molar-refractivity contribution in [1.82, 2.24) is 14.9 Å². The zero-order valence-electron chi connectivity index (χ0n) is 19.9. The average Bonchev–Trinajstić information content (AvgIpc) is 3.52. The van der Waals surface area contributed by atoms with Crippen molar-refractivity contribution in [3.63, 3.8) is 0 Å². The SMILES string of the molecule is COc1ccc(OC)c(N2C(=S)N[C@H](c3ccccn3)[C@@H]2c2cccn2-c2cccc(C(F)(F)F)c2)c1. The van der Waals surface area contributed by atoms with E-state index in [0.29, 0.717) is 33.7 Å². The topological polar surface area (TPSA) is 51.6 Å². The first-order valence-corrected chi connectivity index (χ1v) is 11.8. The van der Waals surface area contributed by atoms with Gasteiger partial charge in [-0.15, -0.1) is 0 Å². The molecule has 1 saturated heterocycles. The van der Waals surface area contributed by atoms with Gasteiger partial charge in [-0.2, -0.15) is 13.2 Å². The van der Waals surface area contributed by atoms with Gasteiger partial charge in [0.2, 0.25) is 0 Å². The lowest BCUT2D eigenvalue weighted by Crippen LogP contribution is -2.30. The van der Waals surface area contributed by atoms with Gasteiger partial charge >= 0.3 is 6.18 Å². The summed E-state index contributed by atoms with van der Waals surface area (Å²) in [6.45, 7) is 0. The molecule has 0 spiro atoms. The van der Waals surface area contributed by atoms with Gasteiger partial charge in [0, 0.05) is 29.8 Å². The molecule has 190 valence electrons. The summed E-state index contributed by atoms with van der Waals surface area (Å²) in [7, 11) is 3.13. The van der Waals surface area contributed by atoms with Gasteiger partial charge in [0.15, 0.2) is 5.11 Å². The number of nitrogens with one attached hydrogen (secondary N) is 1. The molecule has 6 nitrogen and oxygen atoms in total. The molecule has 0 aliphatic carbocycles. The van der Waals surface area contributed by atoms with E-state index in [-0.39, 0.29) is 0 Å². The predicted molar refractivity (Wildman–Crippen MR) is 138 cm³/mol. The molecule has 37 heavy (non-hydrogen) atoms. The van der Waals surface area contributed by atoms with Crippen LogP contribution in [0, 0.1) is 0 Å². The Morgan fingerprint density at radius 3 is 2.49 bits per heavy atom. The molecular formula is C27H23F3N4O2S. The maximum Gasteiger partial charge on any atom is 0.416 e. The van der Waals surface area contributed by atoms with Crippen molar-refractivity contribution in [3.8, 4) is 17.2 Å². The Hall–Kier alpha value is -4.05. The zero-order chi connectivity index (χ0) is 26.2. The second-order valence-electron chi connectivity index (χ2n) is 8.39. The molecule has 0 saturated carbocycles. The molecule has 10 heteroatoms. The maximum absolute atomic E-state index is 13.5. The van der Waals surface area contributed by atoms with Crippen molar-refractivity contribution in [2.75, 3.05) is 19.1 Å². The molecule has 5 rings (SSSR count). The van der Waals surface area contributed by atoms with Crippen LogP contribution in [-0.2, 0) is 6.18 Å². The first kappa shape index (κ1) is 24.6. The number of pyridine rings is 1. The fraction of sp³-hybridized carbons (Fsp3) is 0.185. The third-order valence-electron chi connectivity index (χ3n) is 6.28. The average molecular weight is 525 g/mol. The Labute approximate surface area is 217 Å². The molecular weight excluding hydrogens is 501 g/mol. The van der Waals surface area contributed by atoms with Crippen molar-refractivity contribution in [2.45, 2.75) is 18.3 Å². The van der Waals surface area contributed by atoms with Crippen LogP contribution in [0.25, 0.3) is 5.69 Å². The fourth-order valence-electron chi connectivity index (χ4n) is 4.60. The number of benzene rings is 2. The highest BCUT2D eigenvalue weighted by molar-refractivity contribution is 7.80. The zero-order valence-corrected chi connectivity index (χ0v) is 20.8. The number of halogens is 3. The highest BCUT2D eigenvalue weighted by Crippen LogP contribution is 2.46. The fourth-order valence-corrected chi connectivity index (χ4v) is 4.94. The van der Waals surface area contributed by atoms with Crippen molar-refractivity contribution in [2.24, 2.45) is 0 Å². The van der Waals surface area contributed by atoms with Gasteiger partial charge in [-0.1, -0.05) is 12.1 Å². The van der Waals surface area contributed by atoms with Gasteiger partial charge in [-0.05, 0) is 66.8 Å². The van der Waals surface area contributed by atoms with E-state index in [1.165, 1.54) is 6.07 Å². The van der Waals surface area contributed by atoms with Crippen molar-refractivity contribution in [3.05, 3.63) is 102 Å². The summed E-state index contributed by atoms with van der Waals surface area (Å²) < 4.78 is 53.4. The molecule has 0 radical (unpaired) electrons. The van der Waals surface area contributed by atoms with Gasteiger partial charge in [-0.25, -0.2) is 0 Å². The second-order valence-corrected chi connectivity index (χ2v) is 8.77. The molecule has 2 aromatic carbocycles. The van der Waals surface area contributed by atoms with Gasteiger partial charge in [0.1, 0.15) is 17.5 Å². The van der Waals surface area contributed by atoms with E-state index in [2.05, 4.69) is 10.3 Å². The molecule has 1 aliphatic heterocycles. The standard InChI is InChI=1S/C27H23F3N4O2S/c1-35-19-11-12-23(36-2)22(16-19)34-25(24(32-26(34)37)20-9-3-4-13-31-20)21-10-6-14-33(21)18-8-5-7-17(15-18)27(28,29)30/h3-16,24-25H,1-2H3,(H,32,37)/t24-,25+/m1/s1. The molecule has 2 aromatic heterocycles. The van der Waals surface area contributed by atoms with Gasteiger partial charge in [0.05, 0.1) is 37.2 Å². The number of methoxy groups -OCH3 is 2. The smallest absolute Gasteiger partial charge is 0.416 e. The van der Waals surface area contributed by atoms with Crippen molar-refractivity contribution < 1.29 is 22.6 Å². The van der Waals surface area contributed by atoms with Crippen LogP contribution in [0.5, 0.6) is 11.5 Å². The van der Waals surface area contributed by atoms with E-state index in [9.17, 15) is 13.2 Å². The quantitative estimate of drug-likeness (QED) is 0.308. The normalized spacial score (nSPS) is 17.5. The largest absolute Gasteiger partial charge is 0.497 e. The number of aromatic nitrogens is 2. The number of rotatable bonds is 6. The number of nitrogens with zero attached hydrogens (tertiary/aromatic N) is 3. The number of thiocarbonyl (C=S) groups is 1. The summed E-state index contributed by atoms with van der Waals surface area (Å²) in [6.07, 6.45) is -1.03. The summed E-state index contributed by atoms with van der Waals surface area (Å²) in [5.41, 5.74) is 1.75. The van der Waals surface area contributed by atoms with E-state index in [1.807, 2.05) is 35.2 Å². The third kappa shape index (κ3) is 4.60. The molecule has 1 N–H and O–H groups in total. The van der Waals surface area contributed by atoms with Crippen LogP contribution in [0.15, 0.2) is 85.2 Å². The Kier molecular flexibility index (Phi) is 6.51. The molecule has 1 aliphatic rings. The molecule has 0 amide bonds. The number of hydrogen-bond donors (Lipinski definition) is 1. The van der Waals surface area contributed by atoms with Crippen LogP contribution in [-0.4, -0.2) is 28.9 Å². The van der Waals surface area contributed by atoms with Gasteiger partial charge in [-0.3, -0.25) is 4.98 Å². The van der Waals surface area contributed by atoms with E-state index >= 15 is 0 Å². The highest BCUT2D eigenvalue weighted by atomic mass is 32.1. The molecule has 3 heterocycles. The van der Waals surface area contributed by atoms with E-state index in [1.54, 1.807) is 55.4 Å². The Morgan fingerprint density at radius 1 is 0.946 bits per heavy atom. The first-order valence-electron chi connectivity index (χ1n) is 11.4. The predicted octanol–water partition coefficient (Wildman–Crippen LogP) is 6.09. The minimum Gasteiger partial charge on any atom is -0.497 e. The maximum atomic E-state index is 13.5. The van der Waals surface area contributed by atoms with Crippen LogP contribution in [0.4, 0.5) is 18.9 Å². The second kappa shape index (κ2) is 9.78. The number of anilines is 1. The van der Waals surface area contributed by atoms with Crippen LogP contribution >= 0.6 is 12.2 Å². The number of alkyl halides is 3. The molecule has 2 atom stereocenters. The van der Waals surface area contributed by atoms with Gasteiger partial charge < -0.3 is 24.3 Å². The summed E-state index contributed by atoms with van der Waals surface area (Å²) in [5.74, 6) is 1.17. The minimum absolute atomic E-state index is 0.380. The Bertz CT molecular complexity index is 1420. The van der Waals surface area contributed by atoms with E-state index in [0.717, 1.165) is 17.8 Å².